The summed E-state index contributed by atoms with van der Waals surface area (Å²) in [5.74, 6) is 0.0937. The third-order valence-corrected chi connectivity index (χ3v) is 2.27. The molecule has 1 aromatic carbocycles. The second-order valence-corrected chi connectivity index (χ2v) is 3.62. The second-order valence-electron chi connectivity index (χ2n) is 3.62. The predicted octanol–water partition coefficient (Wildman–Crippen LogP) is 3.24. The number of nitrogens with zero attached hydrogens (tertiary/aromatic N) is 1. The van der Waals surface area contributed by atoms with E-state index in [2.05, 4.69) is 5.18 Å². The SMILES string of the molecule is CCCC(=O)c1ccc(C)cc1CN=O. The predicted molar refractivity (Wildman–Crippen MR) is 59.9 cm³/mol. The Morgan fingerprint density at radius 2 is 2.13 bits per heavy atom. The molecular weight excluding hydrogens is 190 g/mol. The van der Waals surface area contributed by atoms with E-state index in [0.717, 1.165) is 17.5 Å². The molecule has 0 aliphatic carbocycles. The van der Waals surface area contributed by atoms with Crippen LogP contribution in [-0.4, -0.2) is 5.78 Å². The number of hydrogen-bond donors (Lipinski definition) is 0. The lowest BCUT2D eigenvalue weighted by molar-refractivity contribution is 0.0981. The first kappa shape index (κ1) is 11.6. The van der Waals surface area contributed by atoms with E-state index in [1.54, 1.807) is 6.07 Å². The highest BCUT2D eigenvalue weighted by molar-refractivity contribution is 5.97. The number of ketones is 1. The van der Waals surface area contributed by atoms with Crippen LogP contribution in [0.25, 0.3) is 0 Å². The average Bonchev–Trinajstić information content (AvgIpc) is 2.18. The lowest BCUT2D eigenvalue weighted by atomic mass is 9.99. The van der Waals surface area contributed by atoms with Crippen LogP contribution in [0.3, 0.4) is 0 Å². The van der Waals surface area contributed by atoms with E-state index in [9.17, 15) is 9.70 Å². The minimum absolute atomic E-state index is 0.0759. The van der Waals surface area contributed by atoms with Crippen LogP contribution in [0.4, 0.5) is 0 Å². The third-order valence-electron chi connectivity index (χ3n) is 2.27. The molecule has 80 valence electrons. The fraction of sp³-hybridized carbons (Fsp3) is 0.417. The average molecular weight is 205 g/mol. The zero-order valence-corrected chi connectivity index (χ0v) is 9.12. The van der Waals surface area contributed by atoms with Crippen molar-refractivity contribution in [2.75, 3.05) is 0 Å². The van der Waals surface area contributed by atoms with Gasteiger partial charge in [-0.05, 0) is 18.9 Å². The minimum Gasteiger partial charge on any atom is -0.294 e. The summed E-state index contributed by atoms with van der Waals surface area (Å²) in [6.45, 7) is 3.97. The Morgan fingerprint density at radius 3 is 2.73 bits per heavy atom. The Bertz CT molecular complexity index is 372. The summed E-state index contributed by atoms with van der Waals surface area (Å²) in [6, 6.07) is 5.52. The first-order chi connectivity index (χ1) is 7.19. The standard InChI is InChI=1S/C12H15NO2/c1-3-4-12(14)11-6-5-9(2)7-10(11)8-13-15/h5-7H,3-4,8H2,1-2H3. The molecule has 15 heavy (non-hydrogen) atoms. The fourth-order valence-electron chi connectivity index (χ4n) is 1.56. The summed E-state index contributed by atoms with van der Waals surface area (Å²) in [6.07, 6.45) is 1.34. The largest absolute Gasteiger partial charge is 0.294 e. The van der Waals surface area contributed by atoms with Gasteiger partial charge in [-0.1, -0.05) is 35.9 Å². The van der Waals surface area contributed by atoms with Crippen molar-refractivity contribution in [3.8, 4) is 0 Å². The molecule has 0 spiro atoms. The second kappa shape index (κ2) is 5.39. The van der Waals surface area contributed by atoms with Crippen molar-refractivity contribution in [3.05, 3.63) is 39.8 Å². The monoisotopic (exact) mass is 205 g/mol. The molecule has 0 saturated carbocycles. The molecule has 1 rings (SSSR count). The van der Waals surface area contributed by atoms with Gasteiger partial charge < -0.3 is 0 Å². The van der Waals surface area contributed by atoms with Gasteiger partial charge >= 0.3 is 0 Å². The van der Waals surface area contributed by atoms with Crippen LogP contribution in [0.2, 0.25) is 0 Å². The van der Waals surface area contributed by atoms with E-state index < -0.39 is 0 Å². The smallest absolute Gasteiger partial charge is 0.163 e. The maximum atomic E-state index is 11.7. The van der Waals surface area contributed by atoms with Crippen LogP contribution in [0.1, 0.15) is 41.3 Å². The summed E-state index contributed by atoms with van der Waals surface area (Å²) in [5, 5.41) is 2.85. The maximum absolute atomic E-state index is 11.7. The molecule has 0 N–H and O–H groups in total. The summed E-state index contributed by atoms with van der Waals surface area (Å²) in [5.41, 5.74) is 2.42. The molecule has 0 bridgehead atoms. The Morgan fingerprint density at radius 1 is 1.40 bits per heavy atom. The Labute approximate surface area is 89.5 Å². The van der Waals surface area contributed by atoms with Crippen molar-refractivity contribution < 1.29 is 4.79 Å². The molecule has 0 atom stereocenters. The number of carbonyl (C=O) groups excluding carboxylic acids is 1. The van der Waals surface area contributed by atoms with Crippen LogP contribution in [0, 0.1) is 11.8 Å². The number of carbonyl (C=O) groups is 1. The molecule has 0 aliphatic heterocycles. The molecule has 0 radical (unpaired) electrons. The van der Waals surface area contributed by atoms with Gasteiger partial charge in [0.25, 0.3) is 0 Å². The lowest BCUT2D eigenvalue weighted by Crippen LogP contribution is -2.03. The molecule has 3 heteroatoms. The highest BCUT2D eigenvalue weighted by Gasteiger charge is 2.10. The van der Waals surface area contributed by atoms with Crippen LogP contribution >= 0.6 is 0 Å². The van der Waals surface area contributed by atoms with Gasteiger partial charge in [0.15, 0.2) is 5.78 Å². The van der Waals surface area contributed by atoms with Crippen LogP contribution in [-0.2, 0) is 6.54 Å². The highest BCUT2D eigenvalue weighted by atomic mass is 16.3. The van der Waals surface area contributed by atoms with Gasteiger partial charge in [-0.25, -0.2) is 0 Å². The van der Waals surface area contributed by atoms with Gasteiger partial charge in [-0.15, -0.1) is 0 Å². The van der Waals surface area contributed by atoms with E-state index in [4.69, 9.17) is 0 Å². The van der Waals surface area contributed by atoms with Crippen molar-refractivity contribution >= 4 is 5.78 Å². The summed E-state index contributed by atoms with van der Waals surface area (Å²) < 4.78 is 0. The first-order valence-electron chi connectivity index (χ1n) is 5.11. The van der Waals surface area contributed by atoms with Gasteiger partial charge in [0.2, 0.25) is 0 Å². The van der Waals surface area contributed by atoms with Crippen LogP contribution in [0.5, 0.6) is 0 Å². The molecular formula is C12H15NO2. The van der Waals surface area contributed by atoms with E-state index >= 15 is 0 Å². The van der Waals surface area contributed by atoms with Gasteiger partial charge in [0.1, 0.15) is 6.54 Å². The number of benzene rings is 1. The Balaban J connectivity index is 3.04. The summed E-state index contributed by atoms with van der Waals surface area (Å²) in [7, 11) is 0. The van der Waals surface area contributed by atoms with E-state index in [0.29, 0.717) is 12.0 Å². The maximum Gasteiger partial charge on any atom is 0.163 e. The molecule has 0 unspecified atom stereocenters. The summed E-state index contributed by atoms with van der Waals surface area (Å²) >= 11 is 0. The van der Waals surface area contributed by atoms with Crippen molar-refractivity contribution in [2.24, 2.45) is 5.18 Å². The van der Waals surface area contributed by atoms with Crippen molar-refractivity contribution in [2.45, 2.75) is 33.2 Å². The molecule has 0 aliphatic rings. The minimum atomic E-state index is 0.0759. The summed E-state index contributed by atoms with van der Waals surface area (Å²) in [4.78, 5) is 22.0. The van der Waals surface area contributed by atoms with Crippen LogP contribution in [0.15, 0.2) is 23.4 Å². The highest BCUT2D eigenvalue weighted by Crippen LogP contribution is 2.15. The van der Waals surface area contributed by atoms with E-state index in [-0.39, 0.29) is 12.3 Å². The molecule has 1 aromatic rings. The Kier molecular flexibility index (Phi) is 4.16. The topological polar surface area (TPSA) is 46.5 Å². The molecule has 0 amide bonds. The number of rotatable bonds is 5. The number of nitroso groups, excluding NO2 is 1. The van der Waals surface area contributed by atoms with Crippen molar-refractivity contribution in [1.82, 2.24) is 0 Å². The Hall–Kier alpha value is -1.51. The van der Waals surface area contributed by atoms with E-state index in [1.807, 2.05) is 26.0 Å². The molecule has 3 nitrogen and oxygen atoms in total. The lowest BCUT2D eigenvalue weighted by Gasteiger charge is -2.06. The molecule has 0 fully saturated rings. The van der Waals surface area contributed by atoms with Gasteiger partial charge in [-0.3, -0.25) is 4.79 Å². The number of Topliss-reactive ketones (excluding diaryl/α,β-unsaturated/α-hetero) is 1. The van der Waals surface area contributed by atoms with Gasteiger partial charge in [-0.2, -0.15) is 4.91 Å². The van der Waals surface area contributed by atoms with Gasteiger partial charge in [0, 0.05) is 12.0 Å². The molecule has 0 saturated heterocycles. The van der Waals surface area contributed by atoms with Crippen molar-refractivity contribution in [1.29, 1.82) is 0 Å². The quantitative estimate of drug-likeness (QED) is 0.547. The third kappa shape index (κ3) is 2.98. The number of aryl methyl sites for hydroxylation is 1. The molecule has 0 heterocycles. The van der Waals surface area contributed by atoms with Gasteiger partial charge in [0.05, 0.1) is 0 Å². The first-order valence-corrected chi connectivity index (χ1v) is 5.11. The zero-order valence-electron chi connectivity index (χ0n) is 9.12. The molecule has 0 aromatic heterocycles. The fourth-order valence-corrected chi connectivity index (χ4v) is 1.56. The number of hydrogen-bond acceptors (Lipinski definition) is 3. The van der Waals surface area contributed by atoms with E-state index in [1.165, 1.54) is 0 Å². The van der Waals surface area contributed by atoms with Crippen molar-refractivity contribution in [3.63, 3.8) is 0 Å². The van der Waals surface area contributed by atoms with Crippen LogP contribution < -0.4 is 0 Å². The normalized spacial score (nSPS) is 10.0. The zero-order chi connectivity index (χ0) is 11.3.